The highest BCUT2D eigenvalue weighted by molar-refractivity contribution is 6.01. The summed E-state index contributed by atoms with van der Waals surface area (Å²) in [5, 5.41) is 8.33. The molecule has 5 nitrogen and oxygen atoms in total. The normalized spacial score (nSPS) is 11.2. The fourth-order valence-corrected chi connectivity index (χ4v) is 2.86. The summed E-state index contributed by atoms with van der Waals surface area (Å²) in [5.74, 6) is -0.185. The summed E-state index contributed by atoms with van der Waals surface area (Å²) in [6.45, 7) is 4.24. The van der Waals surface area contributed by atoms with Crippen LogP contribution >= 0.6 is 0 Å². The number of rotatable bonds is 5. The summed E-state index contributed by atoms with van der Waals surface area (Å²) in [4.78, 5) is 12.0. The van der Waals surface area contributed by atoms with Crippen LogP contribution in [0.3, 0.4) is 0 Å². The summed E-state index contributed by atoms with van der Waals surface area (Å²) in [7, 11) is 2.03. The highest BCUT2D eigenvalue weighted by atomic mass is 16.2. The lowest BCUT2D eigenvalue weighted by atomic mass is 10.1. The first-order valence-corrected chi connectivity index (χ1v) is 8.22. The van der Waals surface area contributed by atoms with E-state index >= 15 is 0 Å². The van der Waals surface area contributed by atoms with Gasteiger partial charge in [-0.05, 0) is 37.6 Å². The lowest BCUT2D eigenvalue weighted by Crippen LogP contribution is -2.25. The number of hydrogen-bond acceptors (Lipinski definition) is 3. The van der Waals surface area contributed by atoms with E-state index in [1.54, 1.807) is 6.21 Å². The maximum atomic E-state index is 12.0. The van der Waals surface area contributed by atoms with Crippen LogP contribution in [0.25, 0.3) is 10.9 Å². The first kappa shape index (κ1) is 16.8. The number of benzene rings is 2. The van der Waals surface area contributed by atoms with Crippen LogP contribution in [0.2, 0.25) is 0 Å². The van der Waals surface area contributed by atoms with Gasteiger partial charge in [0.1, 0.15) is 0 Å². The van der Waals surface area contributed by atoms with Crippen molar-refractivity contribution in [2.45, 2.75) is 13.8 Å². The predicted octanol–water partition coefficient (Wildman–Crippen LogP) is 3.36. The molecule has 0 atom stereocenters. The van der Waals surface area contributed by atoms with Crippen LogP contribution in [0, 0.1) is 13.8 Å². The van der Waals surface area contributed by atoms with Crippen LogP contribution in [-0.2, 0) is 11.8 Å². The Morgan fingerprint density at radius 2 is 1.96 bits per heavy atom. The first-order valence-electron chi connectivity index (χ1n) is 8.22. The Morgan fingerprint density at radius 1 is 1.16 bits per heavy atom. The average molecular weight is 334 g/mol. The number of carbonyl (C=O) groups is 1. The molecule has 2 aromatic carbocycles. The highest BCUT2D eigenvalue weighted by Gasteiger charge is 2.09. The topological polar surface area (TPSA) is 58.4 Å². The molecule has 25 heavy (non-hydrogen) atoms. The quantitative estimate of drug-likeness (QED) is 0.555. The van der Waals surface area contributed by atoms with Crippen molar-refractivity contribution in [3.8, 4) is 0 Å². The van der Waals surface area contributed by atoms with E-state index in [4.69, 9.17) is 0 Å². The zero-order valence-corrected chi connectivity index (χ0v) is 14.7. The molecule has 0 aliphatic carbocycles. The van der Waals surface area contributed by atoms with Gasteiger partial charge >= 0.3 is 0 Å². The molecule has 0 unspecified atom stereocenters. The van der Waals surface area contributed by atoms with Gasteiger partial charge in [0.25, 0.3) is 5.91 Å². The van der Waals surface area contributed by atoms with E-state index in [9.17, 15) is 4.79 Å². The van der Waals surface area contributed by atoms with Crippen molar-refractivity contribution in [1.29, 1.82) is 0 Å². The lowest BCUT2D eigenvalue weighted by Gasteiger charge is -2.05. The fourth-order valence-electron chi connectivity index (χ4n) is 2.86. The molecule has 3 rings (SSSR count). The summed E-state index contributed by atoms with van der Waals surface area (Å²) in [6, 6.07) is 16.1. The smallest absolute Gasteiger partial charge is 0.259 e. The van der Waals surface area contributed by atoms with Crippen molar-refractivity contribution in [3.63, 3.8) is 0 Å². The van der Waals surface area contributed by atoms with Crippen molar-refractivity contribution < 1.29 is 4.79 Å². The molecule has 0 radical (unpaired) electrons. The van der Waals surface area contributed by atoms with Crippen LogP contribution in [0.4, 0.5) is 5.69 Å². The van der Waals surface area contributed by atoms with Gasteiger partial charge in [-0.25, -0.2) is 5.43 Å². The molecular formula is C20H22N4O. The molecule has 2 N–H and O–H groups in total. The van der Waals surface area contributed by atoms with Crippen LogP contribution in [-0.4, -0.2) is 23.2 Å². The van der Waals surface area contributed by atoms with E-state index in [0.29, 0.717) is 0 Å². The maximum Gasteiger partial charge on any atom is 0.259 e. The Kier molecular flexibility index (Phi) is 4.84. The number of fused-ring (bicyclic) bond motifs is 1. The van der Waals surface area contributed by atoms with E-state index in [1.165, 1.54) is 0 Å². The molecule has 0 fully saturated rings. The first-order chi connectivity index (χ1) is 12.1. The van der Waals surface area contributed by atoms with E-state index < -0.39 is 0 Å². The SMILES string of the molecule is Cc1cccc(NCC(=O)N/N=C\c2c(C)n(C)c3ccccc23)c1. The van der Waals surface area contributed by atoms with Crippen molar-refractivity contribution in [1.82, 2.24) is 9.99 Å². The molecule has 0 saturated carbocycles. The third-order valence-electron chi connectivity index (χ3n) is 4.30. The molecule has 0 aliphatic heterocycles. The van der Waals surface area contributed by atoms with Crippen LogP contribution in [0.1, 0.15) is 16.8 Å². The Labute approximate surface area is 147 Å². The number of amides is 1. The highest BCUT2D eigenvalue weighted by Crippen LogP contribution is 2.22. The molecule has 0 aliphatic rings. The average Bonchev–Trinajstić information content (AvgIpc) is 2.85. The molecule has 5 heteroatoms. The van der Waals surface area contributed by atoms with E-state index in [0.717, 1.165) is 33.4 Å². The third kappa shape index (κ3) is 3.71. The van der Waals surface area contributed by atoms with Crippen molar-refractivity contribution in [2.24, 2.45) is 12.1 Å². The van der Waals surface area contributed by atoms with E-state index in [1.807, 2.05) is 57.3 Å². The largest absolute Gasteiger partial charge is 0.376 e. The van der Waals surface area contributed by atoms with Crippen molar-refractivity contribution in [2.75, 3.05) is 11.9 Å². The molecule has 0 spiro atoms. The number of nitrogens with one attached hydrogen (secondary N) is 2. The predicted molar refractivity (Wildman–Crippen MR) is 103 cm³/mol. The molecule has 1 heterocycles. The second-order valence-electron chi connectivity index (χ2n) is 6.09. The summed E-state index contributed by atoms with van der Waals surface area (Å²) >= 11 is 0. The standard InChI is InChI=1S/C20H22N4O/c1-14-7-6-8-16(11-14)21-13-20(25)23-22-12-18-15(2)24(3)19-10-5-4-9-17(18)19/h4-12,21H,13H2,1-3H3,(H,23,25)/b22-12-. The van der Waals surface area contributed by atoms with Crippen LogP contribution < -0.4 is 10.7 Å². The van der Waals surface area contributed by atoms with Gasteiger partial charge in [0, 0.05) is 34.9 Å². The van der Waals surface area contributed by atoms with E-state index in [-0.39, 0.29) is 12.5 Å². The number of hydrogen-bond donors (Lipinski definition) is 2. The third-order valence-corrected chi connectivity index (χ3v) is 4.30. The van der Waals surface area contributed by atoms with Gasteiger partial charge in [-0.2, -0.15) is 5.10 Å². The maximum absolute atomic E-state index is 12.0. The molecule has 1 amide bonds. The van der Waals surface area contributed by atoms with E-state index in [2.05, 4.69) is 32.5 Å². The molecule has 1 aromatic heterocycles. The Balaban J connectivity index is 1.63. The second-order valence-corrected chi connectivity index (χ2v) is 6.09. The fraction of sp³-hybridized carbons (Fsp3) is 0.200. The van der Waals surface area contributed by atoms with Crippen LogP contribution in [0.5, 0.6) is 0 Å². The van der Waals surface area contributed by atoms with Crippen LogP contribution in [0.15, 0.2) is 53.6 Å². The van der Waals surface area contributed by atoms with Crippen molar-refractivity contribution >= 4 is 28.7 Å². The summed E-state index contributed by atoms with van der Waals surface area (Å²) in [6.07, 6.45) is 1.71. The Hall–Kier alpha value is -3.08. The zero-order chi connectivity index (χ0) is 17.8. The zero-order valence-electron chi connectivity index (χ0n) is 14.7. The molecular weight excluding hydrogens is 312 g/mol. The van der Waals surface area contributed by atoms with Gasteiger partial charge in [0.2, 0.25) is 0 Å². The minimum absolute atomic E-state index is 0.176. The number of nitrogens with zero attached hydrogens (tertiary/aromatic N) is 2. The monoisotopic (exact) mass is 334 g/mol. The van der Waals surface area contributed by atoms with Gasteiger partial charge in [0.05, 0.1) is 12.8 Å². The number of hydrazone groups is 1. The van der Waals surface area contributed by atoms with Gasteiger partial charge in [0.15, 0.2) is 0 Å². The summed E-state index contributed by atoms with van der Waals surface area (Å²) < 4.78 is 2.12. The number of aryl methyl sites for hydroxylation is 2. The lowest BCUT2D eigenvalue weighted by molar-refractivity contribution is -0.119. The van der Waals surface area contributed by atoms with Crippen molar-refractivity contribution in [3.05, 3.63) is 65.4 Å². The molecule has 0 saturated heterocycles. The second kappa shape index (κ2) is 7.21. The molecule has 128 valence electrons. The molecule has 0 bridgehead atoms. The van der Waals surface area contributed by atoms with Gasteiger partial charge in [-0.3, -0.25) is 4.79 Å². The number of para-hydroxylation sites is 1. The number of anilines is 1. The number of carbonyl (C=O) groups excluding carboxylic acids is 1. The number of aromatic nitrogens is 1. The van der Waals surface area contributed by atoms with Gasteiger partial charge in [-0.15, -0.1) is 0 Å². The minimum atomic E-state index is -0.185. The van der Waals surface area contributed by atoms with Gasteiger partial charge in [-0.1, -0.05) is 30.3 Å². The minimum Gasteiger partial charge on any atom is -0.376 e. The molecule has 3 aromatic rings. The Morgan fingerprint density at radius 3 is 2.76 bits per heavy atom. The van der Waals surface area contributed by atoms with Gasteiger partial charge < -0.3 is 9.88 Å². The Bertz CT molecular complexity index is 940. The summed E-state index contributed by atoms with van der Waals surface area (Å²) in [5.41, 5.74) is 7.92.